The average Bonchev–Trinajstić information content (AvgIpc) is 2.82. The number of carbonyl (C=O) groups is 2. The molecule has 0 unspecified atom stereocenters. The molecule has 114 valence electrons. The highest BCUT2D eigenvalue weighted by Gasteiger charge is 2.56. The van der Waals surface area contributed by atoms with Crippen molar-refractivity contribution in [1.82, 2.24) is 0 Å². The zero-order chi connectivity index (χ0) is 15.4. The number of methoxy groups -OCH3 is 1. The Bertz CT molecular complexity index is 664. The normalized spacial score (nSPS) is 32.5. The van der Waals surface area contributed by atoms with Crippen LogP contribution in [-0.2, 0) is 9.59 Å². The summed E-state index contributed by atoms with van der Waals surface area (Å²) in [5, 5.41) is 9.91. The van der Waals surface area contributed by atoms with Gasteiger partial charge in [0.1, 0.15) is 0 Å². The van der Waals surface area contributed by atoms with Gasteiger partial charge in [-0.05, 0) is 36.8 Å². The molecule has 1 aromatic carbocycles. The second kappa shape index (κ2) is 4.60. The molecule has 0 spiro atoms. The Balaban J connectivity index is 1.73. The van der Waals surface area contributed by atoms with Gasteiger partial charge >= 0.3 is 0 Å². The van der Waals surface area contributed by atoms with Gasteiger partial charge in [0.2, 0.25) is 11.8 Å². The molecule has 5 nitrogen and oxygen atoms in total. The van der Waals surface area contributed by atoms with Crippen LogP contribution >= 0.6 is 0 Å². The molecule has 1 saturated heterocycles. The fraction of sp³-hybridized carbons (Fsp3) is 0.412. The van der Waals surface area contributed by atoms with Crippen molar-refractivity contribution in [2.24, 2.45) is 23.7 Å². The van der Waals surface area contributed by atoms with Gasteiger partial charge < -0.3 is 9.84 Å². The van der Waals surface area contributed by atoms with Crippen molar-refractivity contribution < 1.29 is 19.4 Å². The van der Waals surface area contributed by atoms with Crippen molar-refractivity contribution >= 4 is 17.5 Å². The number of allylic oxidation sites excluding steroid dienone is 2. The predicted octanol–water partition coefficient (Wildman–Crippen LogP) is 2.10. The van der Waals surface area contributed by atoms with Crippen LogP contribution in [0.2, 0.25) is 0 Å². The number of carbonyl (C=O) groups excluding carboxylic acids is 2. The van der Waals surface area contributed by atoms with Crippen LogP contribution in [0.4, 0.5) is 5.69 Å². The van der Waals surface area contributed by atoms with E-state index in [0.717, 1.165) is 12.8 Å². The van der Waals surface area contributed by atoms with Crippen LogP contribution in [0.25, 0.3) is 0 Å². The second-order valence-electron chi connectivity index (χ2n) is 6.21. The molecule has 5 heteroatoms. The maximum Gasteiger partial charge on any atom is 0.238 e. The van der Waals surface area contributed by atoms with Crippen molar-refractivity contribution in [3.63, 3.8) is 0 Å². The summed E-state index contributed by atoms with van der Waals surface area (Å²) in [6, 6.07) is 4.63. The minimum absolute atomic E-state index is 0.0726. The molecule has 2 bridgehead atoms. The second-order valence-corrected chi connectivity index (χ2v) is 6.21. The Morgan fingerprint density at radius 2 is 1.68 bits per heavy atom. The molecular formula is C17H17NO4. The van der Waals surface area contributed by atoms with Gasteiger partial charge in [-0.15, -0.1) is 0 Å². The lowest BCUT2D eigenvalue weighted by molar-refractivity contribution is -0.124. The van der Waals surface area contributed by atoms with Crippen LogP contribution < -0.4 is 9.64 Å². The number of hydrogen-bond donors (Lipinski definition) is 1. The summed E-state index contributed by atoms with van der Waals surface area (Å²) in [4.78, 5) is 26.8. The highest BCUT2D eigenvalue weighted by molar-refractivity contribution is 6.22. The molecule has 1 aliphatic heterocycles. The molecule has 1 saturated carbocycles. The number of amides is 2. The fourth-order valence-corrected chi connectivity index (χ4v) is 4.15. The first-order chi connectivity index (χ1) is 10.6. The van der Waals surface area contributed by atoms with E-state index in [1.165, 1.54) is 18.1 Å². The monoisotopic (exact) mass is 299 g/mol. The molecule has 5 rings (SSSR count). The summed E-state index contributed by atoms with van der Waals surface area (Å²) < 4.78 is 5.01. The lowest BCUT2D eigenvalue weighted by Gasteiger charge is -2.38. The SMILES string of the molecule is COc1ccc(N2C(=O)[C@@H]3[C@H](C2=O)[C@@H]2C=C[C@H]3CC2)cc1O. The molecule has 1 heterocycles. The summed E-state index contributed by atoms with van der Waals surface area (Å²) in [5.41, 5.74) is 0.419. The molecule has 22 heavy (non-hydrogen) atoms. The Labute approximate surface area is 128 Å². The third kappa shape index (κ3) is 1.65. The molecule has 2 amide bonds. The number of anilines is 1. The molecule has 0 radical (unpaired) electrons. The average molecular weight is 299 g/mol. The van der Waals surface area contributed by atoms with E-state index >= 15 is 0 Å². The number of hydrogen-bond acceptors (Lipinski definition) is 4. The van der Waals surface area contributed by atoms with Crippen LogP contribution in [0, 0.1) is 23.7 Å². The van der Waals surface area contributed by atoms with Crippen LogP contribution in [-0.4, -0.2) is 24.0 Å². The van der Waals surface area contributed by atoms with Crippen molar-refractivity contribution in [2.75, 3.05) is 12.0 Å². The van der Waals surface area contributed by atoms with Gasteiger partial charge in [-0.2, -0.15) is 0 Å². The standard InChI is InChI=1S/C17H17NO4/c1-22-13-7-6-11(8-12(13)19)18-16(20)14-9-2-3-10(5-4-9)15(14)17(18)21/h2-3,6-10,14-15,19H,4-5H2,1H3/t9-,10+,14-,15+. The van der Waals surface area contributed by atoms with E-state index in [1.54, 1.807) is 12.1 Å². The number of fused-ring (bicyclic) bond motifs is 1. The van der Waals surface area contributed by atoms with Gasteiger partial charge in [0.05, 0.1) is 24.6 Å². The van der Waals surface area contributed by atoms with Gasteiger partial charge in [0, 0.05) is 6.07 Å². The zero-order valence-electron chi connectivity index (χ0n) is 12.2. The van der Waals surface area contributed by atoms with Gasteiger partial charge in [-0.3, -0.25) is 9.59 Å². The van der Waals surface area contributed by atoms with E-state index in [2.05, 4.69) is 12.2 Å². The highest BCUT2D eigenvalue weighted by atomic mass is 16.5. The van der Waals surface area contributed by atoms with Gasteiger partial charge in [-0.1, -0.05) is 12.2 Å². The van der Waals surface area contributed by atoms with E-state index in [0.29, 0.717) is 11.4 Å². The summed E-state index contributed by atoms with van der Waals surface area (Å²) >= 11 is 0. The maximum atomic E-state index is 12.8. The molecule has 0 aromatic heterocycles. The van der Waals surface area contributed by atoms with E-state index in [4.69, 9.17) is 4.74 Å². The van der Waals surface area contributed by atoms with Crippen molar-refractivity contribution in [1.29, 1.82) is 0 Å². The molecular weight excluding hydrogens is 282 g/mol. The first-order valence-corrected chi connectivity index (χ1v) is 7.55. The van der Waals surface area contributed by atoms with Crippen LogP contribution in [0.3, 0.4) is 0 Å². The number of phenols is 1. The van der Waals surface area contributed by atoms with Crippen molar-refractivity contribution in [3.8, 4) is 11.5 Å². The number of imide groups is 1. The summed E-state index contributed by atoms with van der Waals surface area (Å²) in [6.07, 6.45) is 6.14. The number of rotatable bonds is 2. The zero-order valence-corrected chi connectivity index (χ0v) is 12.2. The summed E-state index contributed by atoms with van der Waals surface area (Å²) in [5.74, 6) is -0.164. The predicted molar refractivity (Wildman–Crippen MR) is 79.5 cm³/mol. The third-order valence-electron chi connectivity index (χ3n) is 5.18. The molecule has 1 N–H and O–H groups in total. The minimum Gasteiger partial charge on any atom is -0.504 e. The third-order valence-corrected chi connectivity index (χ3v) is 5.18. The Morgan fingerprint density at radius 1 is 1.09 bits per heavy atom. The number of nitrogens with zero attached hydrogens (tertiary/aromatic N) is 1. The lowest BCUT2D eigenvalue weighted by Crippen LogP contribution is -2.38. The van der Waals surface area contributed by atoms with Crippen LogP contribution in [0.5, 0.6) is 11.5 Å². The molecule has 1 aromatic rings. The topological polar surface area (TPSA) is 66.8 Å². The van der Waals surface area contributed by atoms with Gasteiger partial charge in [0.25, 0.3) is 0 Å². The Kier molecular flexibility index (Phi) is 2.79. The van der Waals surface area contributed by atoms with Gasteiger partial charge in [0.15, 0.2) is 11.5 Å². The fourth-order valence-electron chi connectivity index (χ4n) is 4.15. The molecule has 4 atom stereocenters. The highest BCUT2D eigenvalue weighted by Crippen LogP contribution is 2.50. The molecule has 3 aliphatic carbocycles. The van der Waals surface area contributed by atoms with Crippen LogP contribution in [0.1, 0.15) is 12.8 Å². The van der Waals surface area contributed by atoms with Crippen molar-refractivity contribution in [2.45, 2.75) is 12.8 Å². The minimum atomic E-state index is -0.236. The quantitative estimate of drug-likeness (QED) is 0.671. The van der Waals surface area contributed by atoms with E-state index < -0.39 is 0 Å². The summed E-state index contributed by atoms with van der Waals surface area (Å²) in [7, 11) is 1.46. The van der Waals surface area contributed by atoms with Gasteiger partial charge in [-0.25, -0.2) is 4.90 Å². The molecule has 2 fully saturated rings. The van der Waals surface area contributed by atoms with E-state index in [-0.39, 0.29) is 41.2 Å². The number of ether oxygens (including phenoxy) is 1. The largest absolute Gasteiger partial charge is 0.504 e. The summed E-state index contributed by atoms with van der Waals surface area (Å²) in [6.45, 7) is 0. The van der Waals surface area contributed by atoms with Crippen LogP contribution in [0.15, 0.2) is 30.4 Å². The molecule has 4 aliphatic rings. The first kappa shape index (κ1) is 13.4. The van der Waals surface area contributed by atoms with E-state index in [9.17, 15) is 14.7 Å². The van der Waals surface area contributed by atoms with E-state index in [1.807, 2.05) is 0 Å². The Hall–Kier alpha value is -2.30. The number of aromatic hydroxyl groups is 1. The number of phenolic OH excluding ortho intramolecular Hbond substituents is 1. The van der Waals surface area contributed by atoms with Crippen molar-refractivity contribution in [3.05, 3.63) is 30.4 Å². The smallest absolute Gasteiger partial charge is 0.238 e. The Morgan fingerprint density at radius 3 is 2.14 bits per heavy atom. The first-order valence-electron chi connectivity index (χ1n) is 7.55. The number of benzene rings is 1. The lowest BCUT2D eigenvalue weighted by atomic mass is 9.63. The maximum absolute atomic E-state index is 12.8.